The zero-order valence-corrected chi connectivity index (χ0v) is 22.5. The third-order valence-corrected chi connectivity index (χ3v) is 6.26. The molecule has 7 heteroatoms. The largest absolute Gasteiger partial charge is 0.494 e. The third-order valence-electron chi connectivity index (χ3n) is 6.26. The van der Waals surface area contributed by atoms with Crippen LogP contribution in [0, 0.1) is 17.8 Å². The monoisotopic (exact) mass is 514 g/mol. The molecule has 1 aliphatic carbocycles. The van der Waals surface area contributed by atoms with E-state index in [1.807, 2.05) is 24.3 Å². The summed E-state index contributed by atoms with van der Waals surface area (Å²) in [5.41, 5.74) is 1.14. The van der Waals surface area contributed by atoms with Gasteiger partial charge in [0.15, 0.2) is 0 Å². The van der Waals surface area contributed by atoms with Gasteiger partial charge in [0.2, 0.25) is 0 Å². The molecule has 204 valence electrons. The number of rotatable bonds is 15. The number of hydrogen-bond acceptors (Lipinski definition) is 7. The van der Waals surface area contributed by atoms with E-state index in [0.717, 1.165) is 49.8 Å². The van der Waals surface area contributed by atoms with Crippen LogP contribution in [0.5, 0.6) is 5.75 Å². The topological polar surface area (TPSA) is 88.1 Å². The van der Waals surface area contributed by atoms with E-state index in [1.165, 1.54) is 12.5 Å². The zero-order chi connectivity index (χ0) is 27.0. The number of carbonyl (C=O) groups excluding carboxylic acids is 3. The summed E-state index contributed by atoms with van der Waals surface area (Å²) in [6, 6.07) is 7.43. The summed E-state index contributed by atoms with van der Waals surface area (Å²) in [6.07, 6.45) is 9.93. The molecule has 0 aromatic heterocycles. The van der Waals surface area contributed by atoms with Gasteiger partial charge in [0.05, 0.1) is 19.1 Å². The summed E-state index contributed by atoms with van der Waals surface area (Å²) in [6.45, 7) is 10.6. The minimum atomic E-state index is -0.514. The van der Waals surface area contributed by atoms with E-state index in [0.29, 0.717) is 30.6 Å². The van der Waals surface area contributed by atoms with Crippen LogP contribution < -0.4 is 4.74 Å². The molecule has 2 atom stereocenters. The molecule has 1 fully saturated rings. The van der Waals surface area contributed by atoms with Gasteiger partial charge < -0.3 is 18.9 Å². The molecular formula is C30H42O7. The lowest BCUT2D eigenvalue weighted by molar-refractivity contribution is -0.151. The molecule has 0 spiro atoms. The second kappa shape index (κ2) is 16.6. The highest BCUT2D eigenvalue weighted by Crippen LogP contribution is 2.33. The Kier molecular flexibility index (Phi) is 13.5. The third kappa shape index (κ3) is 12.6. The first-order valence-corrected chi connectivity index (χ1v) is 13.3. The fourth-order valence-corrected chi connectivity index (χ4v) is 4.47. The van der Waals surface area contributed by atoms with Gasteiger partial charge in [-0.05, 0) is 87.5 Å². The van der Waals surface area contributed by atoms with Crippen molar-refractivity contribution in [1.29, 1.82) is 0 Å². The SMILES string of the molecule is C=C(C)C(=O)OCCOC(=O)/C=C/c1ccc(OCCCCCCOC(=O)C2CC(C)CC(C)C2)cc1. The van der Waals surface area contributed by atoms with Gasteiger partial charge in [0, 0.05) is 11.6 Å². The molecule has 2 rings (SSSR count). The first kappa shape index (κ1) is 30.1. The van der Waals surface area contributed by atoms with E-state index < -0.39 is 11.9 Å². The molecule has 1 aromatic rings. The van der Waals surface area contributed by atoms with Crippen LogP contribution in [0.25, 0.3) is 6.08 Å². The molecule has 7 nitrogen and oxygen atoms in total. The van der Waals surface area contributed by atoms with E-state index in [2.05, 4.69) is 20.4 Å². The summed E-state index contributed by atoms with van der Waals surface area (Å²) >= 11 is 0. The Balaban J connectivity index is 1.51. The molecule has 0 saturated heterocycles. The van der Waals surface area contributed by atoms with Crippen molar-refractivity contribution in [2.24, 2.45) is 17.8 Å². The molecule has 0 N–H and O–H groups in total. The lowest BCUT2D eigenvalue weighted by Gasteiger charge is -2.29. The predicted molar refractivity (Wildman–Crippen MR) is 143 cm³/mol. The van der Waals surface area contributed by atoms with Crippen LogP contribution in [0.15, 0.2) is 42.5 Å². The molecule has 0 aliphatic heterocycles. The maximum absolute atomic E-state index is 12.3. The highest BCUT2D eigenvalue weighted by molar-refractivity contribution is 5.87. The fraction of sp³-hybridized carbons (Fsp3) is 0.567. The number of hydrogen-bond donors (Lipinski definition) is 0. The maximum atomic E-state index is 12.3. The van der Waals surface area contributed by atoms with Gasteiger partial charge in [-0.1, -0.05) is 32.6 Å². The molecule has 0 radical (unpaired) electrons. The van der Waals surface area contributed by atoms with Crippen molar-refractivity contribution in [2.45, 2.75) is 65.7 Å². The van der Waals surface area contributed by atoms with E-state index in [-0.39, 0.29) is 25.1 Å². The number of ether oxygens (including phenoxy) is 4. The van der Waals surface area contributed by atoms with Gasteiger partial charge in [-0.15, -0.1) is 0 Å². The smallest absolute Gasteiger partial charge is 0.333 e. The average molecular weight is 515 g/mol. The number of carbonyl (C=O) groups is 3. The minimum absolute atomic E-state index is 0.00995. The van der Waals surface area contributed by atoms with Gasteiger partial charge >= 0.3 is 17.9 Å². The predicted octanol–water partition coefficient (Wildman–Crippen LogP) is 5.92. The standard InChI is InChI=1S/C30H42O7/c1-22(2)29(32)37-18-17-35-28(31)14-11-25-9-12-27(13-10-25)34-15-7-5-6-8-16-36-30(33)26-20-23(3)19-24(4)21-26/h9-14,23-24,26H,1,5-8,15-21H2,2-4H3/b14-11+. The van der Waals surface area contributed by atoms with E-state index >= 15 is 0 Å². The van der Waals surface area contributed by atoms with Crippen molar-refractivity contribution < 1.29 is 33.3 Å². The van der Waals surface area contributed by atoms with Gasteiger partial charge in [-0.2, -0.15) is 0 Å². The summed E-state index contributed by atoms with van der Waals surface area (Å²) in [4.78, 5) is 35.3. The van der Waals surface area contributed by atoms with Crippen molar-refractivity contribution in [1.82, 2.24) is 0 Å². The molecule has 0 heterocycles. The highest BCUT2D eigenvalue weighted by atomic mass is 16.6. The van der Waals surface area contributed by atoms with Crippen LogP contribution in [-0.2, 0) is 28.6 Å². The lowest BCUT2D eigenvalue weighted by atomic mass is 9.77. The first-order chi connectivity index (χ1) is 17.7. The molecule has 37 heavy (non-hydrogen) atoms. The highest BCUT2D eigenvalue weighted by Gasteiger charge is 2.29. The number of unbranched alkanes of at least 4 members (excludes halogenated alkanes) is 3. The number of benzene rings is 1. The van der Waals surface area contributed by atoms with Crippen LogP contribution >= 0.6 is 0 Å². The second-order valence-corrected chi connectivity index (χ2v) is 10.0. The summed E-state index contributed by atoms with van der Waals surface area (Å²) in [5, 5.41) is 0. The van der Waals surface area contributed by atoms with Crippen LogP contribution in [0.4, 0.5) is 0 Å². The Morgan fingerprint density at radius 3 is 2.11 bits per heavy atom. The summed E-state index contributed by atoms with van der Waals surface area (Å²) < 4.78 is 21.1. The summed E-state index contributed by atoms with van der Waals surface area (Å²) in [7, 11) is 0. The summed E-state index contributed by atoms with van der Waals surface area (Å²) in [5.74, 6) is 1.02. The van der Waals surface area contributed by atoms with Crippen molar-refractivity contribution in [3.8, 4) is 5.75 Å². The van der Waals surface area contributed by atoms with Gasteiger partial charge in [0.25, 0.3) is 0 Å². The minimum Gasteiger partial charge on any atom is -0.494 e. The molecular weight excluding hydrogens is 472 g/mol. The van der Waals surface area contributed by atoms with E-state index in [9.17, 15) is 14.4 Å². The van der Waals surface area contributed by atoms with Crippen LogP contribution in [0.2, 0.25) is 0 Å². The Morgan fingerprint density at radius 2 is 1.46 bits per heavy atom. The average Bonchev–Trinajstić information content (AvgIpc) is 2.86. The Labute approximate surface area is 221 Å². The molecule has 0 amide bonds. The molecule has 2 unspecified atom stereocenters. The van der Waals surface area contributed by atoms with Gasteiger partial charge in [-0.25, -0.2) is 9.59 Å². The number of esters is 3. The van der Waals surface area contributed by atoms with Crippen LogP contribution in [0.3, 0.4) is 0 Å². The fourth-order valence-electron chi connectivity index (χ4n) is 4.47. The van der Waals surface area contributed by atoms with E-state index in [1.54, 1.807) is 13.0 Å². The first-order valence-electron chi connectivity index (χ1n) is 13.3. The van der Waals surface area contributed by atoms with Gasteiger partial charge in [0.1, 0.15) is 19.0 Å². The second-order valence-electron chi connectivity index (χ2n) is 10.0. The molecule has 1 saturated carbocycles. The van der Waals surface area contributed by atoms with Crippen LogP contribution in [0.1, 0.15) is 71.3 Å². The molecule has 1 aliphatic rings. The Morgan fingerprint density at radius 1 is 0.838 bits per heavy atom. The van der Waals surface area contributed by atoms with Crippen molar-refractivity contribution in [2.75, 3.05) is 26.4 Å². The normalized spacial score (nSPS) is 19.3. The Hall–Kier alpha value is -3.09. The van der Waals surface area contributed by atoms with Crippen LogP contribution in [-0.4, -0.2) is 44.3 Å². The zero-order valence-electron chi connectivity index (χ0n) is 22.5. The van der Waals surface area contributed by atoms with Crippen molar-refractivity contribution in [3.63, 3.8) is 0 Å². The van der Waals surface area contributed by atoms with E-state index in [4.69, 9.17) is 18.9 Å². The maximum Gasteiger partial charge on any atom is 0.333 e. The lowest BCUT2D eigenvalue weighted by Crippen LogP contribution is -2.27. The molecule has 0 bridgehead atoms. The van der Waals surface area contributed by atoms with Crippen molar-refractivity contribution in [3.05, 3.63) is 48.1 Å². The Bertz CT molecular complexity index is 893. The van der Waals surface area contributed by atoms with Gasteiger partial charge in [-0.3, -0.25) is 4.79 Å². The molecule has 1 aromatic carbocycles. The van der Waals surface area contributed by atoms with Crippen molar-refractivity contribution >= 4 is 24.0 Å². The quantitative estimate of drug-likeness (QED) is 0.124.